The number of hydrogen-bond donors (Lipinski definition) is 4. The first-order valence-corrected chi connectivity index (χ1v) is 11.4. The number of nitrogens with zero attached hydrogens (tertiary/aromatic N) is 2. The predicted molar refractivity (Wildman–Crippen MR) is 122 cm³/mol. The highest BCUT2D eigenvalue weighted by Gasteiger charge is 2.42. The van der Waals surface area contributed by atoms with Crippen LogP contribution in [0.15, 0.2) is 0 Å². The van der Waals surface area contributed by atoms with E-state index in [0.717, 1.165) is 12.8 Å². The average molecular weight is 467 g/mol. The van der Waals surface area contributed by atoms with Gasteiger partial charge in [0.25, 0.3) is 0 Å². The summed E-state index contributed by atoms with van der Waals surface area (Å²) >= 11 is 0. The van der Waals surface area contributed by atoms with Gasteiger partial charge in [0.15, 0.2) is 5.78 Å². The number of rotatable bonds is 9. The van der Waals surface area contributed by atoms with Gasteiger partial charge >= 0.3 is 6.03 Å². The van der Waals surface area contributed by atoms with Gasteiger partial charge in [-0.05, 0) is 38.0 Å². The Balaban J connectivity index is 2.06. The molecule has 0 aromatic heterocycles. The second-order valence-electron chi connectivity index (χ2n) is 10.1. The highest BCUT2D eigenvalue weighted by molar-refractivity contribution is 5.95. The van der Waals surface area contributed by atoms with Crippen LogP contribution in [0.1, 0.15) is 53.4 Å². The van der Waals surface area contributed by atoms with Crippen molar-refractivity contribution in [3.63, 3.8) is 0 Å². The maximum Gasteiger partial charge on any atom is 0.315 e. The van der Waals surface area contributed by atoms with Gasteiger partial charge in [0.2, 0.25) is 17.7 Å². The van der Waals surface area contributed by atoms with Gasteiger partial charge in [0.1, 0.15) is 18.2 Å². The molecule has 4 N–H and O–H groups in total. The Hall–Kier alpha value is -2.69. The first-order valence-electron chi connectivity index (χ1n) is 11.4. The molecule has 3 atom stereocenters. The van der Waals surface area contributed by atoms with Crippen LogP contribution < -0.4 is 21.3 Å². The molecule has 2 rings (SSSR count). The lowest BCUT2D eigenvalue weighted by Crippen LogP contribution is -2.61. The average Bonchev–Trinajstić information content (AvgIpc) is 3.39. The number of nitrogens with one attached hydrogen (secondary N) is 4. The number of hydrogen-bond acceptors (Lipinski definition) is 6. The molecule has 1 saturated carbocycles. The van der Waals surface area contributed by atoms with Gasteiger partial charge in [0.05, 0.1) is 6.54 Å². The van der Waals surface area contributed by atoms with Crippen LogP contribution in [0.3, 0.4) is 0 Å². The van der Waals surface area contributed by atoms with E-state index in [9.17, 15) is 24.0 Å². The van der Waals surface area contributed by atoms with E-state index in [1.54, 1.807) is 14.1 Å². The SMILES string of the molecule is CC(=O)C(NC(=O)C1CCCN1C(=O)C(NC(=O)NCC(=O)N(C)C)C(C)(C)C)NC1CC1. The van der Waals surface area contributed by atoms with E-state index >= 15 is 0 Å². The summed E-state index contributed by atoms with van der Waals surface area (Å²) in [6.07, 6.45) is 2.28. The van der Waals surface area contributed by atoms with Crippen molar-refractivity contribution in [2.45, 2.75) is 77.7 Å². The van der Waals surface area contributed by atoms with Crippen molar-refractivity contribution < 1.29 is 24.0 Å². The van der Waals surface area contributed by atoms with Crippen LogP contribution in [0.2, 0.25) is 0 Å². The van der Waals surface area contributed by atoms with Crippen LogP contribution in [-0.2, 0) is 19.2 Å². The van der Waals surface area contributed by atoms with Crippen LogP contribution in [0.5, 0.6) is 0 Å². The fourth-order valence-corrected chi connectivity index (χ4v) is 3.60. The second-order valence-corrected chi connectivity index (χ2v) is 10.1. The summed E-state index contributed by atoms with van der Waals surface area (Å²) in [5.41, 5.74) is -0.640. The van der Waals surface area contributed by atoms with Crippen molar-refractivity contribution in [2.24, 2.45) is 5.41 Å². The first-order chi connectivity index (χ1) is 15.3. The smallest absolute Gasteiger partial charge is 0.315 e. The molecule has 5 amide bonds. The topological polar surface area (TPSA) is 140 Å². The Morgan fingerprint density at radius 3 is 2.18 bits per heavy atom. The third-order valence-electron chi connectivity index (χ3n) is 5.80. The van der Waals surface area contributed by atoms with E-state index in [4.69, 9.17) is 0 Å². The molecule has 2 aliphatic rings. The highest BCUT2D eigenvalue weighted by Crippen LogP contribution is 2.26. The van der Waals surface area contributed by atoms with Crippen molar-refractivity contribution in [2.75, 3.05) is 27.2 Å². The molecule has 1 saturated heterocycles. The lowest BCUT2D eigenvalue weighted by atomic mass is 9.85. The Labute approximate surface area is 195 Å². The quantitative estimate of drug-likeness (QED) is 0.340. The molecule has 1 aliphatic carbocycles. The summed E-state index contributed by atoms with van der Waals surface area (Å²) in [5.74, 6) is -1.23. The fraction of sp³-hybridized carbons (Fsp3) is 0.773. The summed E-state index contributed by atoms with van der Waals surface area (Å²) in [6, 6.07) is -2.03. The van der Waals surface area contributed by atoms with Crippen molar-refractivity contribution in [1.29, 1.82) is 0 Å². The molecular formula is C22H38N6O5. The molecule has 1 heterocycles. The van der Waals surface area contributed by atoms with E-state index in [1.165, 1.54) is 16.7 Å². The van der Waals surface area contributed by atoms with Gasteiger partial charge in [-0.1, -0.05) is 20.8 Å². The van der Waals surface area contributed by atoms with Gasteiger partial charge in [0, 0.05) is 26.7 Å². The summed E-state index contributed by atoms with van der Waals surface area (Å²) in [7, 11) is 3.16. The standard InChI is InChI=1S/C22H38N6O5/c1-13(29)18(24-14-9-10-14)26-19(31)15-8-7-11-28(15)20(32)17(22(2,3)4)25-21(33)23-12-16(30)27(5)6/h14-15,17-18,24H,7-12H2,1-6H3,(H,26,31)(H2,23,25,33). The number of amides is 5. The van der Waals surface area contributed by atoms with Crippen LogP contribution in [0, 0.1) is 5.41 Å². The Morgan fingerprint density at radius 2 is 1.67 bits per heavy atom. The van der Waals surface area contributed by atoms with E-state index in [2.05, 4.69) is 21.3 Å². The molecule has 33 heavy (non-hydrogen) atoms. The third-order valence-corrected chi connectivity index (χ3v) is 5.80. The minimum Gasteiger partial charge on any atom is -0.347 e. The molecule has 0 radical (unpaired) electrons. The molecule has 0 aromatic carbocycles. The number of likely N-dealkylation sites (N-methyl/N-ethyl adjacent to an activating group) is 1. The monoisotopic (exact) mass is 466 g/mol. The lowest BCUT2D eigenvalue weighted by molar-refractivity contribution is -0.142. The molecule has 1 aliphatic heterocycles. The Bertz CT molecular complexity index is 774. The zero-order chi connectivity index (χ0) is 24.9. The number of carbonyl (C=O) groups is 5. The van der Waals surface area contributed by atoms with Gasteiger partial charge in [-0.25, -0.2) is 4.79 Å². The number of Topliss-reactive ketones (excluding diaryl/α,β-unsaturated/α-hetero) is 1. The van der Waals surface area contributed by atoms with E-state index in [1.807, 2.05) is 20.8 Å². The Morgan fingerprint density at radius 1 is 1.03 bits per heavy atom. The number of ketones is 1. The molecular weight excluding hydrogens is 428 g/mol. The van der Waals surface area contributed by atoms with Gasteiger partial charge in [-0.3, -0.25) is 24.5 Å². The van der Waals surface area contributed by atoms with E-state index in [0.29, 0.717) is 19.4 Å². The Kier molecular flexibility index (Phi) is 8.82. The van der Waals surface area contributed by atoms with Crippen molar-refractivity contribution in [3.8, 4) is 0 Å². The molecule has 186 valence electrons. The van der Waals surface area contributed by atoms with Crippen LogP contribution in [0.25, 0.3) is 0 Å². The molecule has 11 nitrogen and oxygen atoms in total. The van der Waals surface area contributed by atoms with Crippen molar-refractivity contribution in [1.82, 2.24) is 31.1 Å². The number of likely N-dealkylation sites (tertiary alicyclic amines) is 1. The van der Waals surface area contributed by atoms with E-state index in [-0.39, 0.29) is 36.1 Å². The first kappa shape index (κ1) is 26.6. The molecule has 11 heteroatoms. The zero-order valence-corrected chi connectivity index (χ0v) is 20.5. The van der Waals surface area contributed by atoms with Crippen molar-refractivity contribution in [3.05, 3.63) is 0 Å². The minimum absolute atomic E-state index is 0.190. The molecule has 2 fully saturated rings. The lowest BCUT2D eigenvalue weighted by Gasteiger charge is -2.35. The normalized spacial score (nSPS) is 19.9. The second kappa shape index (κ2) is 11.0. The summed E-state index contributed by atoms with van der Waals surface area (Å²) in [4.78, 5) is 65.3. The van der Waals surface area contributed by atoms with Gasteiger partial charge < -0.3 is 25.8 Å². The fourth-order valence-electron chi connectivity index (χ4n) is 3.60. The largest absolute Gasteiger partial charge is 0.347 e. The summed E-state index contributed by atoms with van der Waals surface area (Å²) < 4.78 is 0. The van der Waals surface area contributed by atoms with Crippen LogP contribution in [0.4, 0.5) is 4.79 Å². The number of carbonyl (C=O) groups excluding carboxylic acids is 5. The summed E-state index contributed by atoms with van der Waals surface area (Å²) in [5, 5.41) is 11.0. The third kappa shape index (κ3) is 7.69. The molecule has 3 unspecified atom stereocenters. The van der Waals surface area contributed by atoms with Crippen LogP contribution >= 0.6 is 0 Å². The van der Waals surface area contributed by atoms with Crippen molar-refractivity contribution >= 4 is 29.5 Å². The van der Waals surface area contributed by atoms with Gasteiger partial charge in [-0.2, -0.15) is 0 Å². The predicted octanol–water partition coefficient (Wildman–Crippen LogP) is -0.437. The molecule has 0 aromatic rings. The van der Waals surface area contributed by atoms with Crippen LogP contribution in [-0.4, -0.2) is 90.8 Å². The van der Waals surface area contributed by atoms with E-state index < -0.39 is 29.7 Å². The zero-order valence-electron chi connectivity index (χ0n) is 20.5. The molecule has 0 spiro atoms. The maximum absolute atomic E-state index is 13.4. The minimum atomic E-state index is -0.909. The maximum atomic E-state index is 13.4. The number of urea groups is 1. The summed E-state index contributed by atoms with van der Waals surface area (Å²) in [6.45, 7) is 7.05. The molecule has 0 bridgehead atoms. The highest BCUT2D eigenvalue weighted by atomic mass is 16.2. The van der Waals surface area contributed by atoms with Gasteiger partial charge in [-0.15, -0.1) is 0 Å².